The van der Waals surface area contributed by atoms with Gasteiger partial charge in [-0.3, -0.25) is 4.90 Å². The zero-order valence-electron chi connectivity index (χ0n) is 6.13. The van der Waals surface area contributed by atoms with Gasteiger partial charge in [0.2, 0.25) is 0 Å². The van der Waals surface area contributed by atoms with Crippen LogP contribution < -0.4 is 5.32 Å². The number of nitrogens with zero attached hydrogens (tertiary/aromatic N) is 1. The number of likely N-dealkylation sites (N-methyl/N-ethyl adjacent to an activating group) is 1. The minimum atomic E-state index is -0.193. The number of allylic oxidation sites excluding steroid dienone is 2. The molecule has 1 atom stereocenters. The van der Waals surface area contributed by atoms with Gasteiger partial charge < -0.3 is 5.32 Å². The fraction of sp³-hybridized carbons (Fsp3) is 0.429. The van der Waals surface area contributed by atoms with Crippen LogP contribution in [-0.4, -0.2) is 23.6 Å². The summed E-state index contributed by atoms with van der Waals surface area (Å²) in [6.07, 6.45) is 7.93. The minimum absolute atomic E-state index is 0.193. The highest BCUT2D eigenvalue weighted by molar-refractivity contribution is 9.10. The molecule has 0 fully saturated rings. The van der Waals surface area contributed by atoms with Crippen molar-refractivity contribution in [1.82, 2.24) is 10.2 Å². The number of rotatable bonds is 1. The molecule has 1 heterocycles. The second-order valence-corrected chi connectivity index (χ2v) is 3.64. The van der Waals surface area contributed by atoms with Crippen LogP contribution in [0.5, 0.6) is 0 Å². The largest absolute Gasteiger partial charge is 0.361 e. The molecule has 0 aliphatic carbocycles. The summed E-state index contributed by atoms with van der Waals surface area (Å²) in [5.41, 5.74) is 0. The number of halogens is 1. The Morgan fingerprint density at radius 2 is 2.10 bits per heavy atom. The quantitative estimate of drug-likeness (QED) is 0.510. The van der Waals surface area contributed by atoms with Crippen LogP contribution >= 0.6 is 15.9 Å². The average molecular weight is 203 g/mol. The van der Waals surface area contributed by atoms with Gasteiger partial charge in [0.25, 0.3) is 0 Å². The predicted molar refractivity (Wildman–Crippen MR) is 46.8 cm³/mol. The van der Waals surface area contributed by atoms with Crippen molar-refractivity contribution >= 4 is 15.9 Å². The predicted octanol–water partition coefficient (Wildman–Crippen LogP) is 1.27. The molecule has 10 heavy (non-hydrogen) atoms. The molecule has 3 heteroatoms. The normalized spacial score (nSPS) is 30.8. The number of hydrogen-bond acceptors (Lipinski definition) is 2. The third kappa shape index (κ3) is 1.41. The molecule has 0 bridgehead atoms. The Morgan fingerprint density at radius 3 is 2.40 bits per heavy atom. The Bertz CT molecular complexity index is 174. The highest BCUT2D eigenvalue weighted by Gasteiger charge is 2.24. The summed E-state index contributed by atoms with van der Waals surface area (Å²) in [7, 11) is 4.01. The molecule has 2 nitrogen and oxygen atoms in total. The van der Waals surface area contributed by atoms with E-state index in [1.165, 1.54) is 0 Å². The zero-order valence-corrected chi connectivity index (χ0v) is 7.72. The van der Waals surface area contributed by atoms with Crippen molar-refractivity contribution in [3.8, 4) is 0 Å². The third-order valence-corrected chi connectivity index (χ3v) is 2.66. The fourth-order valence-electron chi connectivity index (χ4n) is 0.730. The monoisotopic (exact) mass is 202 g/mol. The summed E-state index contributed by atoms with van der Waals surface area (Å²) in [4.78, 5) is 2.05. The highest BCUT2D eigenvalue weighted by atomic mass is 79.9. The number of alkyl halides is 1. The Hall–Kier alpha value is -0.280. The van der Waals surface area contributed by atoms with E-state index >= 15 is 0 Å². The van der Waals surface area contributed by atoms with Crippen molar-refractivity contribution in [2.45, 2.75) is 4.57 Å². The maximum absolute atomic E-state index is 3.54. The van der Waals surface area contributed by atoms with Gasteiger partial charge in [0, 0.05) is 0 Å². The second kappa shape index (κ2) is 2.76. The Kier molecular flexibility index (Phi) is 2.16. The molecule has 1 aliphatic rings. The SMILES string of the molecule is CN(C)C1(Br)C=CC=CN1. The van der Waals surface area contributed by atoms with Gasteiger partial charge in [-0.25, -0.2) is 0 Å². The van der Waals surface area contributed by atoms with E-state index in [1.54, 1.807) is 0 Å². The van der Waals surface area contributed by atoms with Crippen molar-refractivity contribution in [2.24, 2.45) is 0 Å². The highest BCUT2D eigenvalue weighted by Crippen LogP contribution is 2.20. The molecule has 56 valence electrons. The summed E-state index contributed by atoms with van der Waals surface area (Å²) in [6.45, 7) is 0. The molecule has 0 saturated heterocycles. The first-order valence-corrected chi connectivity index (χ1v) is 3.93. The lowest BCUT2D eigenvalue weighted by molar-refractivity contribution is 0.289. The van der Waals surface area contributed by atoms with E-state index in [0.29, 0.717) is 0 Å². The van der Waals surface area contributed by atoms with E-state index in [9.17, 15) is 0 Å². The van der Waals surface area contributed by atoms with Gasteiger partial charge in [0.05, 0.1) is 0 Å². The van der Waals surface area contributed by atoms with Gasteiger partial charge >= 0.3 is 0 Å². The van der Waals surface area contributed by atoms with E-state index in [4.69, 9.17) is 0 Å². The summed E-state index contributed by atoms with van der Waals surface area (Å²) in [6, 6.07) is 0. The van der Waals surface area contributed by atoms with Crippen molar-refractivity contribution in [3.05, 3.63) is 24.4 Å². The van der Waals surface area contributed by atoms with Crippen LogP contribution in [0, 0.1) is 0 Å². The maximum Gasteiger partial charge on any atom is 0.167 e. The fourth-order valence-corrected chi connectivity index (χ4v) is 1.01. The minimum Gasteiger partial charge on any atom is -0.361 e. The smallest absolute Gasteiger partial charge is 0.167 e. The molecule has 1 unspecified atom stereocenters. The molecule has 0 radical (unpaired) electrons. The first-order valence-electron chi connectivity index (χ1n) is 3.13. The summed E-state index contributed by atoms with van der Waals surface area (Å²) < 4.78 is -0.193. The van der Waals surface area contributed by atoms with Gasteiger partial charge in [0.15, 0.2) is 4.57 Å². The molecular formula is C7H11BrN2. The van der Waals surface area contributed by atoms with Crippen LogP contribution in [0.1, 0.15) is 0 Å². The molecule has 1 aliphatic heterocycles. The Morgan fingerprint density at radius 1 is 1.40 bits per heavy atom. The van der Waals surface area contributed by atoms with Crippen LogP contribution in [0.15, 0.2) is 24.4 Å². The second-order valence-electron chi connectivity index (χ2n) is 2.43. The van der Waals surface area contributed by atoms with Crippen LogP contribution in [0.3, 0.4) is 0 Å². The van der Waals surface area contributed by atoms with Gasteiger partial charge in [-0.05, 0) is 48.4 Å². The van der Waals surface area contributed by atoms with Crippen molar-refractivity contribution in [1.29, 1.82) is 0 Å². The van der Waals surface area contributed by atoms with Crippen LogP contribution in [0.2, 0.25) is 0 Å². The Labute approximate surface area is 69.7 Å². The van der Waals surface area contributed by atoms with Crippen LogP contribution in [0.25, 0.3) is 0 Å². The van der Waals surface area contributed by atoms with Gasteiger partial charge in [0.1, 0.15) is 0 Å². The van der Waals surface area contributed by atoms with E-state index in [2.05, 4.69) is 21.2 Å². The lowest BCUT2D eigenvalue weighted by Gasteiger charge is -2.32. The van der Waals surface area contributed by atoms with Crippen LogP contribution in [0.4, 0.5) is 0 Å². The molecule has 0 spiro atoms. The average Bonchev–Trinajstić information content (AvgIpc) is 1.89. The molecule has 0 aromatic rings. The first-order chi connectivity index (χ1) is 4.65. The Balaban J connectivity index is 2.70. The number of hydrogen-bond donors (Lipinski definition) is 1. The topological polar surface area (TPSA) is 15.3 Å². The van der Waals surface area contributed by atoms with E-state index in [1.807, 2.05) is 43.4 Å². The van der Waals surface area contributed by atoms with Gasteiger partial charge in [-0.1, -0.05) is 6.08 Å². The maximum atomic E-state index is 3.54. The summed E-state index contributed by atoms with van der Waals surface area (Å²) in [5, 5.41) is 3.17. The first kappa shape index (κ1) is 7.82. The van der Waals surface area contributed by atoms with Crippen LogP contribution in [-0.2, 0) is 0 Å². The summed E-state index contributed by atoms with van der Waals surface area (Å²) >= 11 is 3.54. The standard InChI is InChI=1S/C7H11BrN2/c1-10(2)7(8)5-3-4-6-9-7/h3-6,9H,1-2H3. The van der Waals surface area contributed by atoms with Gasteiger partial charge in [-0.2, -0.15) is 0 Å². The number of dihydropyridines is 1. The van der Waals surface area contributed by atoms with E-state index in [0.717, 1.165) is 0 Å². The van der Waals surface area contributed by atoms with Gasteiger partial charge in [-0.15, -0.1) is 0 Å². The van der Waals surface area contributed by atoms with Crippen molar-refractivity contribution in [3.63, 3.8) is 0 Å². The van der Waals surface area contributed by atoms with E-state index < -0.39 is 0 Å². The van der Waals surface area contributed by atoms with Crippen molar-refractivity contribution in [2.75, 3.05) is 14.1 Å². The molecule has 0 aromatic heterocycles. The van der Waals surface area contributed by atoms with E-state index in [-0.39, 0.29) is 4.57 Å². The van der Waals surface area contributed by atoms with Crippen molar-refractivity contribution < 1.29 is 0 Å². The lowest BCUT2D eigenvalue weighted by atomic mass is 10.3. The zero-order chi connectivity index (χ0) is 7.61. The molecule has 0 saturated carbocycles. The molecule has 1 rings (SSSR count). The summed E-state index contributed by atoms with van der Waals surface area (Å²) in [5.74, 6) is 0. The lowest BCUT2D eigenvalue weighted by Crippen LogP contribution is -2.47. The molecule has 1 N–H and O–H groups in total. The number of nitrogens with one attached hydrogen (secondary N) is 1. The molecule has 0 aromatic carbocycles. The third-order valence-electron chi connectivity index (χ3n) is 1.46. The molecule has 0 amide bonds. The molecular weight excluding hydrogens is 192 g/mol.